The monoisotopic (exact) mass is 200 g/mol. The van der Waals surface area contributed by atoms with Gasteiger partial charge in [-0.1, -0.05) is 6.92 Å². The molecule has 0 saturated carbocycles. The number of rotatable bonds is 7. The molecule has 0 aliphatic carbocycles. The van der Waals surface area contributed by atoms with E-state index >= 15 is 0 Å². The van der Waals surface area contributed by atoms with Crippen LogP contribution < -0.4 is 5.32 Å². The molecule has 1 fully saturated rings. The van der Waals surface area contributed by atoms with Crippen molar-refractivity contribution in [2.45, 2.75) is 19.8 Å². The summed E-state index contributed by atoms with van der Waals surface area (Å²) in [5.74, 6) is 0.909. The molecule has 3 heteroatoms. The Bertz CT molecular complexity index is 135. The van der Waals surface area contributed by atoms with Crippen LogP contribution in [0.4, 0.5) is 0 Å². The highest BCUT2D eigenvalue weighted by atomic mass is 16.5. The summed E-state index contributed by atoms with van der Waals surface area (Å²) in [5.41, 5.74) is 0. The van der Waals surface area contributed by atoms with Gasteiger partial charge in [0, 0.05) is 13.7 Å². The van der Waals surface area contributed by atoms with E-state index in [1.54, 1.807) is 7.11 Å². The molecular formula is C11H24N2O. The molecule has 0 amide bonds. The molecule has 0 bridgehead atoms. The van der Waals surface area contributed by atoms with E-state index in [2.05, 4.69) is 17.1 Å². The number of nitrogens with one attached hydrogen (secondary N) is 1. The number of hydrogen-bond donors (Lipinski definition) is 1. The van der Waals surface area contributed by atoms with E-state index in [1.165, 1.54) is 32.5 Å². The lowest BCUT2D eigenvalue weighted by Gasteiger charge is -2.21. The third-order valence-corrected chi connectivity index (χ3v) is 3.07. The van der Waals surface area contributed by atoms with Gasteiger partial charge < -0.3 is 15.0 Å². The summed E-state index contributed by atoms with van der Waals surface area (Å²) in [6.07, 6.45) is 2.70. The Labute approximate surface area is 87.8 Å². The quantitative estimate of drug-likeness (QED) is 0.662. The van der Waals surface area contributed by atoms with Gasteiger partial charge in [-0.3, -0.25) is 0 Å². The summed E-state index contributed by atoms with van der Waals surface area (Å²) in [6, 6.07) is 0. The first-order chi connectivity index (χ1) is 6.86. The van der Waals surface area contributed by atoms with Crippen molar-refractivity contribution in [2.75, 3.05) is 46.4 Å². The molecule has 1 heterocycles. The molecule has 1 unspecified atom stereocenters. The van der Waals surface area contributed by atoms with Crippen molar-refractivity contribution in [3.63, 3.8) is 0 Å². The zero-order valence-corrected chi connectivity index (χ0v) is 9.59. The Morgan fingerprint density at radius 3 is 2.86 bits per heavy atom. The van der Waals surface area contributed by atoms with E-state index in [4.69, 9.17) is 4.74 Å². The summed E-state index contributed by atoms with van der Waals surface area (Å²) in [5, 5.41) is 3.41. The fraction of sp³-hybridized carbons (Fsp3) is 1.00. The maximum atomic E-state index is 5.09. The zero-order valence-electron chi connectivity index (χ0n) is 9.59. The van der Waals surface area contributed by atoms with Crippen LogP contribution in [0.3, 0.4) is 0 Å². The second-order valence-electron chi connectivity index (χ2n) is 4.07. The first-order valence-corrected chi connectivity index (χ1v) is 5.78. The van der Waals surface area contributed by atoms with Crippen molar-refractivity contribution in [2.24, 2.45) is 5.92 Å². The van der Waals surface area contributed by atoms with E-state index in [9.17, 15) is 0 Å². The second-order valence-corrected chi connectivity index (χ2v) is 4.07. The molecule has 1 aliphatic heterocycles. The smallest absolute Gasteiger partial charge is 0.0589 e. The minimum Gasteiger partial charge on any atom is -0.383 e. The lowest BCUT2D eigenvalue weighted by molar-refractivity contribution is 0.147. The average Bonchev–Trinajstić information content (AvgIpc) is 2.71. The third-order valence-electron chi connectivity index (χ3n) is 3.07. The van der Waals surface area contributed by atoms with E-state index in [0.29, 0.717) is 0 Å². The standard InChI is InChI=1S/C11H24N2O/c1-3-13(8-9-14-2)7-5-11-4-6-12-10-11/h11-12H,3-10H2,1-2H3. The molecule has 3 nitrogen and oxygen atoms in total. The zero-order chi connectivity index (χ0) is 10.2. The summed E-state index contributed by atoms with van der Waals surface area (Å²) in [6.45, 7) is 8.97. The van der Waals surface area contributed by atoms with E-state index in [-0.39, 0.29) is 0 Å². The molecule has 1 rings (SSSR count). The van der Waals surface area contributed by atoms with Crippen LogP contribution in [0.5, 0.6) is 0 Å². The molecule has 0 aromatic carbocycles. The van der Waals surface area contributed by atoms with Gasteiger partial charge in [-0.25, -0.2) is 0 Å². The van der Waals surface area contributed by atoms with E-state index in [0.717, 1.165) is 25.6 Å². The van der Waals surface area contributed by atoms with Gasteiger partial charge >= 0.3 is 0 Å². The molecule has 1 atom stereocenters. The average molecular weight is 200 g/mol. The predicted molar refractivity (Wildman–Crippen MR) is 59.6 cm³/mol. The van der Waals surface area contributed by atoms with Gasteiger partial charge in [0.25, 0.3) is 0 Å². The van der Waals surface area contributed by atoms with Crippen LogP contribution in [0.2, 0.25) is 0 Å². The minimum atomic E-state index is 0.858. The number of methoxy groups -OCH3 is 1. The highest BCUT2D eigenvalue weighted by Crippen LogP contribution is 2.12. The number of hydrogen-bond acceptors (Lipinski definition) is 3. The van der Waals surface area contributed by atoms with E-state index < -0.39 is 0 Å². The molecule has 0 aromatic heterocycles. The van der Waals surface area contributed by atoms with Crippen molar-refractivity contribution < 1.29 is 4.74 Å². The van der Waals surface area contributed by atoms with Gasteiger partial charge in [0.15, 0.2) is 0 Å². The fourth-order valence-corrected chi connectivity index (χ4v) is 1.97. The minimum absolute atomic E-state index is 0.858. The molecular weight excluding hydrogens is 176 g/mol. The van der Waals surface area contributed by atoms with Crippen LogP contribution in [0.1, 0.15) is 19.8 Å². The maximum absolute atomic E-state index is 5.09. The molecule has 84 valence electrons. The summed E-state index contributed by atoms with van der Waals surface area (Å²) >= 11 is 0. The van der Waals surface area contributed by atoms with Crippen LogP contribution in [-0.2, 0) is 4.74 Å². The van der Waals surface area contributed by atoms with Gasteiger partial charge in [-0.15, -0.1) is 0 Å². The lowest BCUT2D eigenvalue weighted by atomic mass is 10.1. The first-order valence-electron chi connectivity index (χ1n) is 5.78. The third kappa shape index (κ3) is 4.40. The van der Waals surface area contributed by atoms with Crippen LogP contribution in [0, 0.1) is 5.92 Å². The van der Waals surface area contributed by atoms with Crippen LogP contribution >= 0.6 is 0 Å². The molecule has 14 heavy (non-hydrogen) atoms. The number of nitrogens with zero attached hydrogens (tertiary/aromatic N) is 1. The molecule has 0 radical (unpaired) electrons. The Kier molecular flexibility index (Phi) is 6.15. The SMILES string of the molecule is CCN(CCOC)CCC1CCNC1. The summed E-state index contributed by atoms with van der Waals surface area (Å²) < 4.78 is 5.09. The topological polar surface area (TPSA) is 24.5 Å². The highest BCUT2D eigenvalue weighted by molar-refractivity contribution is 4.72. The van der Waals surface area contributed by atoms with Gasteiger partial charge in [0.2, 0.25) is 0 Å². The van der Waals surface area contributed by atoms with Gasteiger partial charge in [0.05, 0.1) is 6.61 Å². The predicted octanol–water partition coefficient (Wildman–Crippen LogP) is 0.954. The molecule has 1 saturated heterocycles. The van der Waals surface area contributed by atoms with Crippen molar-refractivity contribution in [3.05, 3.63) is 0 Å². The van der Waals surface area contributed by atoms with Crippen LogP contribution in [0.25, 0.3) is 0 Å². The van der Waals surface area contributed by atoms with Gasteiger partial charge in [-0.2, -0.15) is 0 Å². The summed E-state index contributed by atoms with van der Waals surface area (Å²) in [7, 11) is 1.77. The van der Waals surface area contributed by atoms with Crippen LogP contribution in [-0.4, -0.2) is 51.3 Å². The fourth-order valence-electron chi connectivity index (χ4n) is 1.97. The normalized spacial score (nSPS) is 22.1. The van der Waals surface area contributed by atoms with Gasteiger partial charge in [-0.05, 0) is 44.9 Å². The van der Waals surface area contributed by atoms with Crippen molar-refractivity contribution >= 4 is 0 Å². The molecule has 1 aliphatic rings. The van der Waals surface area contributed by atoms with Crippen molar-refractivity contribution in [1.82, 2.24) is 10.2 Å². The largest absolute Gasteiger partial charge is 0.383 e. The van der Waals surface area contributed by atoms with E-state index in [1.807, 2.05) is 0 Å². The Balaban J connectivity index is 2.06. The lowest BCUT2D eigenvalue weighted by Crippen LogP contribution is -2.29. The highest BCUT2D eigenvalue weighted by Gasteiger charge is 2.14. The number of ether oxygens (including phenoxy) is 1. The maximum Gasteiger partial charge on any atom is 0.0589 e. The molecule has 1 N–H and O–H groups in total. The Morgan fingerprint density at radius 2 is 2.29 bits per heavy atom. The van der Waals surface area contributed by atoms with Crippen LogP contribution in [0.15, 0.2) is 0 Å². The Hall–Kier alpha value is -0.120. The second kappa shape index (κ2) is 7.21. The molecule has 0 spiro atoms. The van der Waals surface area contributed by atoms with Gasteiger partial charge in [0.1, 0.15) is 0 Å². The summed E-state index contributed by atoms with van der Waals surface area (Å²) in [4.78, 5) is 2.47. The Morgan fingerprint density at radius 1 is 1.43 bits per heavy atom. The number of likely N-dealkylation sites (N-methyl/N-ethyl adjacent to an activating group) is 1. The first kappa shape index (κ1) is 12.0. The van der Waals surface area contributed by atoms with Crippen molar-refractivity contribution in [1.29, 1.82) is 0 Å². The van der Waals surface area contributed by atoms with Crippen molar-refractivity contribution in [3.8, 4) is 0 Å². The molecule has 0 aromatic rings.